The maximum Gasteiger partial charge on any atom is 0.0731 e. The van der Waals surface area contributed by atoms with E-state index in [0.717, 1.165) is 19.6 Å². The van der Waals surface area contributed by atoms with Gasteiger partial charge in [0, 0.05) is 18.6 Å². The van der Waals surface area contributed by atoms with Crippen molar-refractivity contribution in [1.29, 1.82) is 5.26 Å². The first-order valence-corrected chi connectivity index (χ1v) is 7.67. The molecular formula is C15H24N2O. The summed E-state index contributed by atoms with van der Waals surface area (Å²) in [6, 6.07) is 3.70. The van der Waals surface area contributed by atoms with Crippen LogP contribution >= 0.6 is 0 Å². The fraction of sp³-hybridized carbons (Fsp3) is 0.933. The van der Waals surface area contributed by atoms with Gasteiger partial charge in [0.2, 0.25) is 0 Å². The number of rotatable bonds is 1. The van der Waals surface area contributed by atoms with E-state index in [4.69, 9.17) is 4.74 Å². The summed E-state index contributed by atoms with van der Waals surface area (Å²) in [5.74, 6) is 0.256. The van der Waals surface area contributed by atoms with Crippen LogP contribution < -0.4 is 0 Å². The van der Waals surface area contributed by atoms with Crippen molar-refractivity contribution in [2.75, 3.05) is 13.2 Å². The number of nitrogens with zero attached hydrogens (tertiary/aromatic N) is 2. The first-order valence-electron chi connectivity index (χ1n) is 7.67. The second kappa shape index (κ2) is 5.59. The summed E-state index contributed by atoms with van der Waals surface area (Å²) in [7, 11) is 0. The molecule has 0 radical (unpaired) electrons. The van der Waals surface area contributed by atoms with Gasteiger partial charge in [0.05, 0.1) is 24.7 Å². The molecule has 4 atom stereocenters. The maximum absolute atomic E-state index is 9.45. The van der Waals surface area contributed by atoms with Crippen LogP contribution in [0.4, 0.5) is 0 Å². The minimum absolute atomic E-state index is 0.256. The van der Waals surface area contributed by atoms with Crippen LogP contribution in [-0.4, -0.2) is 36.2 Å². The third-order valence-corrected chi connectivity index (χ3v) is 5.10. The molecule has 1 aliphatic heterocycles. The zero-order chi connectivity index (χ0) is 12.4. The summed E-state index contributed by atoms with van der Waals surface area (Å²) >= 11 is 0. The van der Waals surface area contributed by atoms with E-state index in [1.54, 1.807) is 0 Å². The standard InChI is InChI=1S/C15H24N2O/c16-11-12-5-2-1-3-6-13(12)17-9-10-18-15-8-4-7-14(15)17/h12-15H,1-10H2. The number of hydrogen-bond donors (Lipinski definition) is 0. The van der Waals surface area contributed by atoms with E-state index in [2.05, 4.69) is 11.0 Å². The van der Waals surface area contributed by atoms with Crippen LogP contribution in [0.25, 0.3) is 0 Å². The van der Waals surface area contributed by atoms with Crippen molar-refractivity contribution in [3.05, 3.63) is 0 Å². The minimum Gasteiger partial charge on any atom is -0.375 e. The molecule has 2 aliphatic carbocycles. The highest BCUT2D eigenvalue weighted by Gasteiger charge is 2.41. The number of hydrogen-bond acceptors (Lipinski definition) is 3. The Morgan fingerprint density at radius 3 is 2.67 bits per heavy atom. The topological polar surface area (TPSA) is 36.3 Å². The predicted octanol–water partition coefficient (Wildman–Crippen LogP) is 2.71. The summed E-state index contributed by atoms with van der Waals surface area (Å²) in [5, 5.41) is 9.45. The first kappa shape index (κ1) is 12.4. The fourth-order valence-electron chi connectivity index (χ4n) is 4.20. The zero-order valence-electron chi connectivity index (χ0n) is 11.2. The number of nitriles is 1. The number of morpholine rings is 1. The molecule has 3 heteroatoms. The van der Waals surface area contributed by atoms with Gasteiger partial charge < -0.3 is 4.74 Å². The van der Waals surface area contributed by atoms with Crippen molar-refractivity contribution >= 4 is 0 Å². The highest BCUT2D eigenvalue weighted by Crippen LogP contribution is 2.36. The largest absolute Gasteiger partial charge is 0.375 e. The van der Waals surface area contributed by atoms with Crippen LogP contribution in [0.15, 0.2) is 0 Å². The highest BCUT2D eigenvalue weighted by molar-refractivity contribution is 5.00. The molecule has 0 spiro atoms. The minimum atomic E-state index is 0.256. The zero-order valence-corrected chi connectivity index (χ0v) is 11.2. The van der Waals surface area contributed by atoms with Crippen molar-refractivity contribution in [3.63, 3.8) is 0 Å². The second-order valence-corrected chi connectivity index (χ2v) is 6.09. The molecule has 3 rings (SSSR count). The SMILES string of the molecule is N#CC1CCCCCC1N1CCOC2CCCC21. The average molecular weight is 248 g/mol. The smallest absolute Gasteiger partial charge is 0.0731 e. The van der Waals surface area contributed by atoms with E-state index in [1.807, 2.05) is 0 Å². The van der Waals surface area contributed by atoms with E-state index in [1.165, 1.54) is 44.9 Å². The Balaban J connectivity index is 1.76. The van der Waals surface area contributed by atoms with Crippen molar-refractivity contribution in [2.24, 2.45) is 5.92 Å². The van der Waals surface area contributed by atoms with Crippen LogP contribution in [0.5, 0.6) is 0 Å². The normalized spacial score (nSPS) is 41.9. The Morgan fingerprint density at radius 2 is 1.78 bits per heavy atom. The molecule has 2 saturated carbocycles. The summed E-state index contributed by atoms with van der Waals surface area (Å²) in [6.07, 6.45) is 10.5. The lowest BCUT2D eigenvalue weighted by atomic mass is 9.92. The van der Waals surface area contributed by atoms with Gasteiger partial charge in [-0.1, -0.05) is 19.3 Å². The molecule has 3 nitrogen and oxygen atoms in total. The Morgan fingerprint density at radius 1 is 0.944 bits per heavy atom. The van der Waals surface area contributed by atoms with Gasteiger partial charge in [-0.25, -0.2) is 0 Å². The molecule has 0 aromatic carbocycles. The van der Waals surface area contributed by atoms with E-state index in [-0.39, 0.29) is 5.92 Å². The molecule has 3 fully saturated rings. The van der Waals surface area contributed by atoms with E-state index < -0.39 is 0 Å². The van der Waals surface area contributed by atoms with Gasteiger partial charge in [-0.3, -0.25) is 4.90 Å². The van der Waals surface area contributed by atoms with Crippen molar-refractivity contribution < 1.29 is 4.74 Å². The average Bonchev–Trinajstić information content (AvgIpc) is 2.76. The Bertz CT molecular complexity index is 325. The number of ether oxygens (including phenoxy) is 1. The van der Waals surface area contributed by atoms with E-state index >= 15 is 0 Å². The van der Waals surface area contributed by atoms with Crippen LogP contribution in [0.2, 0.25) is 0 Å². The molecule has 100 valence electrons. The van der Waals surface area contributed by atoms with Gasteiger partial charge in [-0.05, 0) is 32.1 Å². The molecule has 0 amide bonds. The fourth-order valence-corrected chi connectivity index (χ4v) is 4.20. The summed E-state index contributed by atoms with van der Waals surface area (Å²) in [5.41, 5.74) is 0. The Hall–Kier alpha value is -0.590. The lowest BCUT2D eigenvalue weighted by molar-refractivity contribution is -0.0781. The van der Waals surface area contributed by atoms with E-state index in [9.17, 15) is 5.26 Å². The predicted molar refractivity (Wildman–Crippen MR) is 70.1 cm³/mol. The van der Waals surface area contributed by atoms with Crippen LogP contribution in [0.1, 0.15) is 51.4 Å². The molecule has 1 saturated heterocycles. The maximum atomic E-state index is 9.45. The molecule has 3 aliphatic rings. The van der Waals surface area contributed by atoms with Crippen LogP contribution in [0, 0.1) is 17.2 Å². The van der Waals surface area contributed by atoms with Gasteiger partial charge in [0.1, 0.15) is 0 Å². The highest BCUT2D eigenvalue weighted by atomic mass is 16.5. The first-order chi connectivity index (χ1) is 8.90. The molecule has 0 bridgehead atoms. The molecule has 0 N–H and O–H groups in total. The summed E-state index contributed by atoms with van der Waals surface area (Å²) in [6.45, 7) is 1.92. The van der Waals surface area contributed by atoms with Gasteiger partial charge in [0.15, 0.2) is 0 Å². The molecule has 0 aromatic rings. The third kappa shape index (κ3) is 2.29. The lowest BCUT2D eigenvalue weighted by Gasteiger charge is -2.43. The summed E-state index contributed by atoms with van der Waals surface area (Å²) in [4.78, 5) is 2.65. The number of fused-ring (bicyclic) bond motifs is 1. The van der Waals surface area contributed by atoms with Crippen molar-refractivity contribution in [1.82, 2.24) is 4.90 Å². The van der Waals surface area contributed by atoms with Crippen molar-refractivity contribution in [3.8, 4) is 6.07 Å². The van der Waals surface area contributed by atoms with Gasteiger partial charge in [-0.15, -0.1) is 0 Å². The molecule has 4 unspecified atom stereocenters. The van der Waals surface area contributed by atoms with Crippen molar-refractivity contribution in [2.45, 2.75) is 69.6 Å². The third-order valence-electron chi connectivity index (χ3n) is 5.10. The van der Waals surface area contributed by atoms with Gasteiger partial charge in [-0.2, -0.15) is 5.26 Å². The molecule has 18 heavy (non-hydrogen) atoms. The van der Waals surface area contributed by atoms with Crippen LogP contribution in [0.3, 0.4) is 0 Å². The van der Waals surface area contributed by atoms with E-state index in [0.29, 0.717) is 18.2 Å². The lowest BCUT2D eigenvalue weighted by Crippen LogP contribution is -2.54. The molecule has 0 aromatic heterocycles. The van der Waals surface area contributed by atoms with Gasteiger partial charge >= 0.3 is 0 Å². The van der Waals surface area contributed by atoms with Gasteiger partial charge in [0.25, 0.3) is 0 Å². The molecular weight excluding hydrogens is 224 g/mol. The second-order valence-electron chi connectivity index (χ2n) is 6.09. The molecule has 1 heterocycles. The Kier molecular flexibility index (Phi) is 3.86. The van der Waals surface area contributed by atoms with Crippen LogP contribution in [-0.2, 0) is 4.74 Å². The Labute approximate surface area is 110 Å². The quantitative estimate of drug-likeness (QED) is 0.669. The summed E-state index contributed by atoms with van der Waals surface area (Å²) < 4.78 is 5.90. The monoisotopic (exact) mass is 248 g/mol.